The molecule has 6 nitrogen and oxygen atoms in total. The Morgan fingerprint density at radius 3 is 2.65 bits per heavy atom. The lowest BCUT2D eigenvalue weighted by Crippen LogP contribution is -2.22. The van der Waals surface area contributed by atoms with Crippen molar-refractivity contribution < 1.29 is 9.53 Å². The number of nitrogens with zero attached hydrogens (tertiary/aromatic N) is 3. The minimum absolute atomic E-state index is 0.190. The van der Waals surface area contributed by atoms with Crippen LogP contribution in [0.15, 0.2) is 47.4 Å². The van der Waals surface area contributed by atoms with Gasteiger partial charge in [-0.15, -0.1) is 0 Å². The van der Waals surface area contributed by atoms with Gasteiger partial charge in [0, 0.05) is 6.20 Å². The maximum absolute atomic E-state index is 12.7. The molecule has 116 valence electrons. The van der Waals surface area contributed by atoms with Gasteiger partial charge in [-0.3, -0.25) is 9.36 Å². The second-order valence-electron chi connectivity index (χ2n) is 4.94. The number of fused-ring (bicyclic) bond motifs is 1. The van der Waals surface area contributed by atoms with Gasteiger partial charge in [-0.1, -0.05) is 0 Å². The molecule has 0 bridgehead atoms. The third-order valence-corrected chi connectivity index (χ3v) is 3.45. The van der Waals surface area contributed by atoms with Gasteiger partial charge in [-0.05, 0) is 50.2 Å². The molecule has 0 radical (unpaired) electrons. The first-order chi connectivity index (χ1) is 11.1. The second-order valence-corrected chi connectivity index (χ2v) is 4.94. The van der Waals surface area contributed by atoms with E-state index in [-0.39, 0.29) is 11.5 Å². The van der Waals surface area contributed by atoms with Gasteiger partial charge < -0.3 is 4.74 Å². The average Bonchev–Trinajstić information content (AvgIpc) is 2.56. The van der Waals surface area contributed by atoms with Gasteiger partial charge in [0.25, 0.3) is 5.56 Å². The largest absolute Gasteiger partial charge is 0.462 e. The van der Waals surface area contributed by atoms with Gasteiger partial charge in [0.15, 0.2) is 5.65 Å². The molecule has 0 aliphatic rings. The van der Waals surface area contributed by atoms with Crippen molar-refractivity contribution in [2.45, 2.75) is 13.8 Å². The number of carbonyl (C=O) groups is 1. The summed E-state index contributed by atoms with van der Waals surface area (Å²) < 4.78 is 6.45. The Hall–Kier alpha value is -3.02. The highest BCUT2D eigenvalue weighted by atomic mass is 16.5. The molecule has 23 heavy (non-hydrogen) atoms. The van der Waals surface area contributed by atoms with Crippen molar-refractivity contribution in [1.29, 1.82) is 0 Å². The molecule has 1 aromatic carbocycles. The predicted octanol–water partition coefficient (Wildman–Crippen LogP) is 2.27. The van der Waals surface area contributed by atoms with Crippen LogP contribution in [0.1, 0.15) is 23.1 Å². The highest BCUT2D eigenvalue weighted by Crippen LogP contribution is 2.13. The Morgan fingerprint density at radius 1 is 1.22 bits per heavy atom. The smallest absolute Gasteiger partial charge is 0.338 e. The summed E-state index contributed by atoms with van der Waals surface area (Å²) in [7, 11) is 0. The number of benzene rings is 1. The molecule has 0 amide bonds. The van der Waals surface area contributed by atoms with Crippen LogP contribution >= 0.6 is 0 Å². The topological polar surface area (TPSA) is 74.1 Å². The summed E-state index contributed by atoms with van der Waals surface area (Å²) in [6.07, 6.45) is 1.60. The van der Waals surface area contributed by atoms with Crippen LogP contribution < -0.4 is 5.56 Å². The molecule has 0 fully saturated rings. The van der Waals surface area contributed by atoms with Crippen LogP contribution in [0, 0.1) is 6.92 Å². The summed E-state index contributed by atoms with van der Waals surface area (Å²) in [5, 5.41) is 0.451. The van der Waals surface area contributed by atoms with E-state index in [1.54, 1.807) is 56.4 Å². The first-order valence-corrected chi connectivity index (χ1v) is 7.23. The van der Waals surface area contributed by atoms with Crippen LogP contribution in [0.4, 0.5) is 0 Å². The van der Waals surface area contributed by atoms with Crippen molar-refractivity contribution in [3.8, 4) is 5.69 Å². The Bertz CT molecular complexity index is 930. The lowest BCUT2D eigenvalue weighted by molar-refractivity contribution is 0.0526. The quantitative estimate of drug-likeness (QED) is 0.694. The van der Waals surface area contributed by atoms with Gasteiger partial charge in [-0.2, -0.15) is 0 Å². The molecular formula is C17H15N3O3. The summed E-state index contributed by atoms with van der Waals surface area (Å²) in [5.74, 6) is 0.147. The molecule has 0 unspecified atom stereocenters. The molecule has 0 spiro atoms. The van der Waals surface area contributed by atoms with Gasteiger partial charge in [0.05, 0.1) is 23.2 Å². The summed E-state index contributed by atoms with van der Waals surface area (Å²) in [5.41, 5.74) is 1.31. The summed E-state index contributed by atoms with van der Waals surface area (Å²) in [4.78, 5) is 32.8. The lowest BCUT2D eigenvalue weighted by atomic mass is 10.2. The maximum Gasteiger partial charge on any atom is 0.338 e. The van der Waals surface area contributed by atoms with Crippen LogP contribution in [0.2, 0.25) is 0 Å². The highest BCUT2D eigenvalue weighted by molar-refractivity contribution is 5.89. The van der Waals surface area contributed by atoms with Gasteiger partial charge >= 0.3 is 5.97 Å². The molecule has 0 saturated heterocycles. The Morgan fingerprint density at radius 2 is 1.96 bits per heavy atom. The van der Waals surface area contributed by atoms with Gasteiger partial charge in [0.2, 0.25) is 0 Å². The van der Waals surface area contributed by atoms with Crippen LogP contribution in [0.25, 0.3) is 16.7 Å². The predicted molar refractivity (Wildman–Crippen MR) is 85.8 cm³/mol. The molecule has 3 aromatic rings. The zero-order valence-electron chi connectivity index (χ0n) is 12.8. The minimum atomic E-state index is -0.385. The van der Waals surface area contributed by atoms with Crippen molar-refractivity contribution in [1.82, 2.24) is 14.5 Å². The molecule has 2 aromatic heterocycles. The van der Waals surface area contributed by atoms with Crippen molar-refractivity contribution in [3.63, 3.8) is 0 Å². The van der Waals surface area contributed by atoms with Crippen LogP contribution in [0.5, 0.6) is 0 Å². The van der Waals surface area contributed by atoms with E-state index in [2.05, 4.69) is 9.97 Å². The summed E-state index contributed by atoms with van der Waals surface area (Å²) in [6, 6.07) is 10.1. The van der Waals surface area contributed by atoms with Crippen molar-refractivity contribution in [3.05, 3.63) is 64.3 Å². The Kier molecular flexibility index (Phi) is 3.89. The van der Waals surface area contributed by atoms with E-state index in [4.69, 9.17) is 4.74 Å². The first-order valence-electron chi connectivity index (χ1n) is 7.23. The number of rotatable bonds is 3. The fourth-order valence-electron chi connectivity index (χ4n) is 2.39. The standard InChI is InChI=1S/C17H15N3O3/c1-3-23-17(22)12-6-8-13(9-7-12)20-11(2)19-15-14(16(20)21)5-4-10-18-15/h4-10H,3H2,1-2H3. The van der Waals surface area contributed by atoms with E-state index < -0.39 is 0 Å². The highest BCUT2D eigenvalue weighted by Gasteiger charge is 2.11. The average molecular weight is 309 g/mol. The third kappa shape index (κ3) is 2.70. The van der Waals surface area contributed by atoms with Crippen LogP contribution in [-0.4, -0.2) is 27.1 Å². The van der Waals surface area contributed by atoms with E-state index in [1.165, 1.54) is 4.57 Å². The molecule has 3 rings (SSSR count). The number of esters is 1. The molecule has 0 aliphatic carbocycles. The zero-order valence-corrected chi connectivity index (χ0v) is 12.8. The van der Waals surface area contributed by atoms with E-state index in [9.17, 15) is 9.59 Å². The third-order valence-electron chi connectivity index (χ3n) is 3.45. The van der Waals surface area contributed by atoms with Crippen LogP contribution in [0.3, 0.4) is 0 Å². The molecule has 0 atom stereocenters. The van der Waals surface area contributed by atoms with Crippen molar-refractivity contribution in [2.24, 2.45) is 0 Å². The number of ether oxygens (including phenoxy) is 1. The maximum atomic E-state index is 12.7. The fraction of sp³-hybridized carbons (Fsp3) is 0.176. The van der Waals surface area contributed by atoms with Crippen LogP contribution in [-0.2, 0) is 4.74 Å². The summed E-state index contributed by atoms with van der Waals surface area (Å²) >= 11 is 0. The van der Waals surface area contributed by atoms with Crippen molar-refractivity contribution >= 4 is 17.0 Å². The number of aromatic nitrogens is 3. The number of carbonyl (C=O) groups excluding carboxylic acids is 1. The van der Waals surface area contributed by atoms with Gasteiger partial charge in [-0.25, -0.2) is 14.8 Å². The molecular weight excluding hydrogens is 294 g/mol. The molecule has 2 heterocycles. The Labute approximate surface area is 132 Å². The van der Waals surface area contributed by atoms with E-state index in [0.717, 1.165) is 0 Å². The number of aryl methyl sites for hydroxylation is 1. The fourth-order valence-corrected chi connectivity index (χ4v) is 2.39. The molecule has 6 heteroatoms. The number of hydrogen-bond acceptors (Lipinski definition) is 5. The monoisotopic (exact) mass is 309 g/mol. The van der Waals surface area contributed by atoms with E-state index in [1.807, 2.05) is 0 Å². The Balaban J connectivity index is 2.10. The van der Waals surface area contributed by atoms with Gasteiger partial charge in [0.1, 0.15) is 5.82 Å². The van der Waals surface area contributed by atoms with E-state index in [0.29, 0.717) is 34.7 Å². The molecule has 0 N–H and O–H groups in total. The SMILES string of the molecule is CCOC(=O)c1ccc(-n2c(C)nc3ncccc3c2=O)cc1. The normalized spacial score (nSPS) is 10.7. The minimum Gasteiger partial charge on any atom is -0.462 e. The number of hydrogen-bond donors (Lipinski definition) is 0. The lowest BCUT2D eigenvalue weighted by Gasteiger charge is -2.11. The van der Waals surface area contributed by atoms with E-state index >= 15 is 0 Å². The molecule has 0 aliphatic heterocycles. The van der Waals surface area contributed by atoms with Crippen molar-refractivity contribution in [2.75, 3.05) is 6.61 Å². The zero-order chi connectivity index (χ0) is 16.4. The summed E-state index contributed by atoms with van der Waals surface area (Å²) in [6.45, 7) is 3.82. The first kappa shape index (κ1) is 14.9. The number of pyridine rings is 1. The molecule has 0 saturated carbocycles. The second kappa shape index (κ2) is 6.00.